The first-order valence-corrected chi connectivity index (χ1v) is 5.86. The fraction of sp³-hybridized carbons (Fsp3) is 0.0833. The molecule has 0 N–H and O–H groups in total. The second kappa shape index (κ2) is 2.86. The molecule has 0 radical (unpaired) electrons. The standard InChI is InChI=1S/C12H7NO2S/c1-2-16-12-7(1)3-8-4-10-11(15-6-14-10)5-9(8)13-12/h1-5H,6H2. The van der Waals surface area contributed by atoms with E-state index in [1.54, 1.807) is 11.3 Å². The number of nitrogens with zero attached hydrogens (tertiary/aromatic N) is 1. The fourth-order valence-electron chi connectivity index (χ4n) is 1.95. The topological polar surface area (TPSA) is 31.4 Å². The summed E-state index contributed by atoms with van der Waals surface area (Å²) in [4.78, 5) is 5.66. The second-order valence-corrected chi connectivity index (χ2v) is 4.60. The zero-order chi connectivity index (χ0) is 10.5. The average Bonchev–Trinajstić information content (AvgIpc) is 2.89. The Morgan fingerprint density at radius 3 is 2.88 bits per heavy atom. The molecule has 3 heterocycles. The molecule has 2 aromatic heterocycles. The molecule has 0 fully saturated rings. The fourth-order valence-corrected chi connectivity index (χ4v) is 2.71. The van der Waals surface area contributed by atoms with E-state index in [0.717, 1.165) is 27.2 Å². The van der Waals surface area contributed by atoms with Gasteiger partial charge in [-0.15, -0.1) is 11.3 Å². The largest absolute Gasteiger partial charge is 0.454 e. The van der Waals surface area contributed by atoms with Gasteiger partial charge in [-0.25, -0.2) is 4.98 Å². The summed E-state index contributed by atoms with van der Waals surface area (Å²) < 4.78 is 10.7. The summed E-state index contributed by atoms with van der Waals surface area (Å²) in [5, 5.41) is 4.32. The lowest BCUT2D eigenvalue weighted by Crippen LogP contribution is -1.92. The molecule has 78 valence electrons. The van der Waals surface area contributed by atoms with Crippen molar-refractivity contribution in [2.24, 2.45) is 0 Å². The van der Waals surface area contributed by atoms with E-state index < -0.39 is 0 Å². The van der Waals surface area contributed by atoms with E-state index in [1.807, 2.05) is 12.1 Å². The molecular weight excluding hydrogens is 222 g/mol. The molecule has 0 aliphatic carbocycles. The van der Waals surface area contributed by atoms with Crippen molar-refractivity contribution < 1.29 is 9.47 Å². The van der Waals surface area contributed by atoms with Crippen LogP contribution in [-0.2, 0) is 0 Å². The van der Waals surface area contributed by atoms with Crippen LogP contribution in [0.2, 0.25) is 0 Å². The SMILES string of the molecule is c1cc2cc3cc4c(cc3nc2s1)OCO4. The summed E-state index contributed by atoms with van der Waals surface area (Å²) >= 11 is 1.65. The van der Waals surface area contributed by atoms with Crippen LogP contribution in [0.3, 0.4) is 0 Å². The molecule has 0 saturated carbocycles. The van der Waals surface area contributed by atoms with Crippen LogP contribution in [0.5, 0.6) is 11.5 Å². The van der Waals surface area contributed by atoms with Crippen LogP contribution in [0, 0.1) is 0 Å². The minimum atomic E-state index is 0.306. The van der Waals surface area contributed by atoms with E-state index in [0.29, 0.717) is 6.79 Å². The first-order chi connectivity index (χ1) is 7.90. The Morgan fingerprint density at radius 2 is 1.94 bits per heavy atom. The Labute approximate surface area is 95.2 Å². The lowest BCUT2D eigenvalue weighted by molar-refractivity contribution is 0.174. The minimum Gasteiger partial charge on any atom is -0.454 e. The van der Waals surface area contributed by atoms with Crippen LogP contribution in [-0.4, -0.2) is 11.8 Å². The second-order valence-electron chi connectivity index (χ2n) is 3.70. The highest BCUT2D eigenvalue weighted by atomic mass is 32.1. The highest BCUT2D eigenvalue weighted by Gasteiger charge is 2.15. The van der Waals surface area contributed by atoms with Gasteiger partial charge in [-0.3, -0.25) is 0 Å². The Kier molecular flexibility index (Phi) is 1.49. The Morgan fingerprint density at radius 1 is 1.06 bits per heavy atom. The summed E-state index contributed by atoms with van der Waals surface area (Å²) in [5.41, 5.74) is 0.958. The van der Waals surface area contributed by atoms with Crippen LogP contribution in [0.25, 0.3) is 21.1 Å². The zero-order valence-electron chi connectivity index (χ0n) is 8.27. The summed E-state index contributed by atoms with van der Waals surface area (Å²) in [5.74, 6) is 1.60. The molecular formula is C12H7NO2S. The maximum absolute atomic E-state index is 5.35. The normalized spacial score (nSPS) is 13.8. The highest BCUT2D eigenvalue weighted by molar-refractivity contribution is 7.16. The van der Waals surface area contributed by atoms with Gasteiger partial charge in [0.25, 0.3) is 0 Å². The Bertz CT molecular complexity index is 647. The third-order valence-electron chi connectivity index (χ3n) is 2.73. The van der Waals surface area contributed by atoms with E-state index in [9.17, 15) is 0 Å². The summed E-state index contributed by atoms with van der Waals surface area (Å²) in [7, 11) is 0. The van der Waals surface area contributed by atoms with Gasteiger partial charge in [0, 0.05) is 16.8 Å². The van der Waals surface area contributed by atoms with Gasteiger partial charge in [-0.05, 0) is 23.6 Å². The molecule has 0 atom stereocenters. The third-order valence-corrected chi connectivity index (χ3v) is 3.55. The summed E-state index contributed by atoms with van der Waals surface area (Å²) in [6.07, 6.45) is 0. The lowest BCUT2D eigenvalue weighted by Gasteiger charge is -2.00. The van der Waals surface area contributed by atoms with Crippen molar-refractivity contribution in [1.29, 1.82) is 0 Å². The van der Waals surface area contributed by atoms with Gasteiger partial charge < -0.3 is 9.47 Å². The number of thiophene rings is 1. The molecule has 16 heavy (non-hydrogen) atoms. The highest BCUT2D eigenvalue weighted by Crippen LogP contribution is 2.36. The number of aromatic nitrogens is 1. The van der Waals surface area contributed by atoms with Crippen LogP contribution in [0.15, 0.2) is 29.6 Å². The number of hydrogen-bond acceptors (Lipinski definition) is 4. The van der Waals surface area contributed by atoms with Crippen molar-refractivity contribution in [3.8, 4) is 11.5 Å². The maximum atomic E-state index is 5.35. The van der Waals surface area contributed by atoms with Gasteiger partial charge in [-0.1, -0.05) is 0 Å². The Balaban J connectivity index is 2.14. The average molecular weight is 229 g/mol. The lowest BCUT2D eigenvalue weighted by atomic mass is 10.2. The maximum Gasteiger partial charge on any atom is 0.231 e. The van der Waals surface area contributed by atoms with Crippen LogP contribution in [0.4, 0.5) is 0 Å². The molecule has 0 saturated heterocycles. The predicted octanol–water partition coefficient (Wildman–Crippen LogP) is 3.18. The van der Waals surface area contributed by atoms with Crippen molar-refractivity contribution in [3.05, 3.63) is 29.6 Å². The van der Waals surface area contributed by atoms with Gasteiger partial charge >= 0.3 is 0 Å². The molecule has 3 aromatic rings. The molecule has 1 aromatic carbocycles. The number of rotatable bonds is 0. The smallest absolute Gasteiger partial charge is 0.231 e. The van der Waals surface area contributed by atoms with Gasteiger partial charge in [0.2, 0.25) is 6.79 Å². The summed E-state index contributed by atoms with van der Waals surface area (Å²) in [6, 6.07) is 8.14. The Hall–Kier alpha value is -1.81. The van der Waals surface area contributed by atoms with Crippen LogP contribution < -0.4 is 9.47 Å². The van der Waals surface area contributed by atoms with Crippen LogP contribution >= 0.6 is 11.3 Å². The number of fused-ring (bicyclic) bond motifs is 3. The zero-order valence-corrected chi connectivity index (χ0v) is 9.08. The first-order valence-electron chi connectivity index (χ1n) is 4.98. The van der Waals surface area contributed by atoms with E-state index >= 15 is 0 Å². The van der Waals surface area contributed by atoms with E-state index in [1.165, 1.54) is 5.39 Å². The molecule has 0 bridgehead atoms. The molecule has 1 aliphatic heterocycles. The van der Waals surface area contributed by atoms with E-state index in [2.05, 4.69) is 22.5 Å². The van der Waals surface area contributed by atoms with Gasteiger partial charge in [0.05, 0.1) is 5.52 Å². The number of ether oxygens (including phenoxy) is 2. The molecule has 4 rings (SSSR count). The van der Waals surface area contributed by atoms with Crippen molar-refractivity contribution in [3.63, 3.8) is 0 Å². The molecule has 0 amide bonds. The number of hydrogen-bond donors (Lipinski definition) is 0. The molecule has 0 unspecified atom stereocenters. The van der Waals surface area contributed by atoms with E-state index in [4.69, 9.17) is 9.47 Å². The molecule has 3 nitrogen and oxygen atoms in total. The van der Waals surface area contributed by atoms with Crippen molar-refractivity contribution in [1.82, 2.24) is 4.98 Å². The number of benzene rings is 1. The van der Waals surface area contributed by atoms with Crippen molar-refractivity contribution >= 4 is 32.5 Å². The quantitative estimate of drug-likeness (QED) is 0.593. The molecule has 4 heteroatoms. The van der Waals surface area contributed by atoms with Crippen LogP contribution in [0.1, 0.15) is 0 Å². The van der Waals surface area contributed by atoms with Crippen molar-refractivity contribution in [2.45, 2.75) is 0 Å². The summed E-state index contributed by atoms with van der Waals surface area (Å²) in [6.45, 7) is 0.306. The first kappa shape index (κ1) is 8.35. The van der Waals surface area contributed by atoms with Gasteiger partial charge in [-0.2, -0.15) is 0 Å². The minimum absolute atomic E-state index is 0.306. The van der Waals surface area contributed by atoms with Gasteiger partial charge in [0.15, 0.2) is 11.5 Å². The number of pyridine rings is 1. The van der Waals surface area contributed by atoms with E-state index in [-0.39, 0.29) is 0 Å². The molecule has 1 aliphatic rings. The predicted molar refractivity (Wildman–Crippen MR) is 63.2 cm³/mol. The monoisotopic (exact) mass is 229 g/mol. The molecule has 0 spiro atoms. The van der Waals surface area contributed by atoms with Crippen molar-refractivity contribution in [2.75, 3.05) is 6.79 Å². The van der Waals surface area contributed by atoms with Gasteiger partial charge in [0.1, 0.15) is 4.83 Å². The third kappa shape index (κ3) is 1.05.